The van der Waals surface area contributed by atoms with Crippen molar-refractivity contribution in [3.63, 3.8) is 0 Å². The zero-order chi connectivity index (χ0) is 48.0. The number of hydrogen-bond acceptors (Lipinski definition) is 1. The van der Waals surface area contributed by atoms with Gasteiger partial charge >= 0.3 is 0 Å². The molecule has 10 rings (SSSR count). The minimum Gasteiger partial charge on any atom is -0.455 e. The summed E-state index contributed by atoms with van der Waals surface area (Å²) in [4.78, 5) is 0. The molecular formula is C48H30O. The van der Waals surface area contributed by atoms with Gasteiger partial charge in [-0.25, -0.2) is 0 Å². The van der Waals surface area contributed by atoms with Crippen molar-refractivity contribution in [2.45, 2.75) is 0 Å². The van der Waals surface area contributed by atoms with E-state index in [9.17, 15) is 6.85 Å². The Morgan fingerprint density at radius 1 is 0.367 bits per heavy atom. The van der Waals surface area contributed by atoms with Crippen molar-refractivity contribution in [2.75, 3.05) is 0 Å². The molecule has 10 aromatic rings. The van der Waals surface area contributed by atoms with Crippen molar-refractivity contribution in [2.24, 2.45) is 0 Å². The van der Waals surface area contributed by atoms with Crippen LogP contribution in [0.15, 0.2) is 186 Å². The molecule has 9 aromatic carbocycles. The van der Waals surface area contributed by atoms with Crippen LogP contribution in [0.25, 0.3) is 98.8 Å². The van der Waals surface area contributed by atoms with E-state index in [0.29, 0.717) is 38.2 Å². The average molecular weight is 641 g/mol. The normalized spacial score (nSPS) is 16.8. The molecule has 0 aliphatic carbocycles. The lowest BCUT2D eigenvalue weighted by molar-refractivity contribution is 0.673. The van der Waals surface area contributed by atoms with Gasteiger partial charge in [0, 0.05) is 16.2 Å². The van der Waals surface area contributed by atoms with E-state index >= 15 is 0 Å². The molecule has 0 radical (unpaired) electrons. The molecule has 0 saturated carbocycles. The summed E-state index contributed by atoms with van der Waals surface area (Å²) in [6.45, 7) is 0. The monoisotopic (exact) mass is 640 g/mol. The van der Waals surface area contributed by atoms with Gasteiger partial charge in [0.15, 0.2) is 0 Å². The van der Waals surface area contributed by atoms with Crippen LogP contribution >= 0.6 is 0 Å². The van der Waals surface area contributed by atoms with Crippen LogP contribution in [0.3, 0.4) is 0 Å². The van der Waals surface area contributed by atoms with E-state index in [2.05, 4.69) is 0 Å². The van der Waals surface area contributed by atoms with Gasteiger partial charge in [-0.05, 0) is 89.6 Å². The molecule has 0 spiro atoms. The lowest BCUT2D eigenvalue weighted by Gasteiger charge is -2.19. The van der Waals surface area contributed by atoms with Crippen molar-refractivity contribution in [3.05, 3.63) is 182 Å². The molecule has 0 bridgehead atoms. The molecule has 0 saturated heterocycles. The molecule has 1 aromatic heterocycles. The molecular weight excluding hydrogens is 593 g/mol. The Bertz CT molecular complexity index is 3810. The highest BCUT2D eigenvalue weighted by atomic mass is 16.3. The maximum Gasteiger partial charge on any atom is 0.143 e. The summed E-state index contributed by atoms with van der Waals surface area (Å²) in [5.41, 5.74) is 0.939. The van der Waals surface area contributed by atoms with Crippen LogP contribution in [0.5, 0.6) is 0 Å². The molecule has 0 aliphatic heterocycles. The summed E-state index contributed by atoms with van der Waals surface area (Å²) >= 11 is 0. The predicted molar refractivity (Wildman–Crippen MR) is 208 cm³/mol. The third-order valence-corrected chi connectivity index (χ3v) is 8.77. The first-order chi connectivity index (χ1) is 31.8. The molecule has 0 amide bonds. The topological polar surface area (TPSA) is 13.1 Å². The van der Waals surface area contributed by atoms with Gasteiger partial charge in [-0.3, -0.25) is 0 Å². The predicted octanol–water partition coefficient (Wildman–Crippen LogP) is 13.7. The van der Waals surface area contributed by atoms with Gasteiger partial charge in [-0.15, -0.1) is 0 Å². The number of fused-ring (bicyclic) bond motifs is 7. The smallest absolute Gasteiger partial charge is 0.143 e. The Morgan fingerprint density at radius 2 is 0.959 bits per heavy atom. The van der Waals surface area contributed by atoms with E-state index < -0.39 is 90.6 Å². The van der Waals surface area contributed by atoms with E-state index in [0.717, 1.165) is 0 Å². The molecule has 1 nitrogen and oxygen atoms in total. The molecule has 1 heterocycles. The van der Waals surface area contributed by atoms with Gasteiger partial charge in [-0.1, -0.05) is 163 Å². The van der Waals surface area contributed by atoms with Crippen molar-refractivity contribution in [3.8, 4) is 44.5 Å². The third-order valence-electron chi connectivity index (χ3n) is 8.77. The number of rotatable bonds is 4. The fourth-order valence-electron chi connectivity index (χ4n) is 6.61. The van der Waals surface area contributed by atoms with Crippen LogP contribution in [0, 0.1) is 0 Å². The largest absolute Gasteiger partial charge is 0.455 e. The molecule has 0 aliphatic rings. The van der Waals surface area contributed by atoms with Gasteiger partial charge in [-0.2, -0.15) is 0 Å². The lowest BCUT2D eigenvalue weighted by atomic mass is 9.83. The maximum absolute atomic E-state index is 9.71. The first kappa shape index (κ1) is 15.2. The molecule has 49 heavy (non-hydrogen) atoms. The van der Waals surface area contributed by atoms with Crippen LogP contribution in [-0.2, 0) is 0 Å². The van der Waals surface area contributed by atoms with Gasteiger partial charge in [0.05, 0.1) is 24.7 Å². The number of benzene rings is 9. The van der Waals surface area contributed by atoms with Gasteiger partial charge in [0.1, 0.15) is 11.2 Å². The average Bonchev–Trinajstić information content (AvgIpc) is 3.74. The molecule has 0 unspecified atom stereocenters. The molecule has 0 atom stereocenters. The van der Waals surface area contributed by atoms with Crippen molar-refractivity contribution < 1.29 is 29.1 Å². The standard InChI is InChI=1S/C48H30O/c1-2-12-31(13-3-1)32-22-24-34(25-23-32)36-15-6-7-17-39(36)47-42-20-10-8-18-40(42)46(41-19-9-11-21-43(41)47)35-27-28-38-44-29-26-33-14-4-5-16-37(33)48(44)49-45(38)30-35/h1-30H/i1D,2D,3D,4D,5D,6D,7D,12D,13D,14D,15D,16D,17D,26D,27D,28D,29D,30D. The summed E-state index contributed by atoms with van der Waals surface area (Å²) in [5, 5.41) is 1.00. The quantitative estimate of drug-likeness (QED) is 0.174. The van der Waals surface area contributed by atoms with E-state index in [1.165, 1.54) is 12.1 Å². The molecule has 0 fully saturated rings. The summed E-state index contributed by atoms with van der Waals surface area (Å²) in [5.74, 6) is 0. The van der Waals surface area contributed by atoms with E-state index in [1.54, 1.807) is 60.7 Å². The lowest BCUT2D eigenvalue weighted by Crippen LogP contribution is -1.92. The van der Waals surface area contributed by atoms with Crippen molar-refractivity contribution in [1.82, 2.24) is 0 Å². The van der Waals surface area contributed by atoms with E-state index in [4.69, 9.17) is 22.2 Å². The zero-order valence-electron chi connectivity index (χ0n) is 43.3. The van der Waals surface area contributed by atoms with Gasteiger partial charge in [0.25, 0.3) is 0 Å². The second-order valence-electron chi connectivity index (χ2n) is 11.4. The minimum absolute atomic E-state index is 0.0398. The summed E-state index contributed by atoms with van der Waals surface area (Å²) in [7, 11) is 0. The fraction of sp³-hybridized carbons (Fsp3) is 0. The Hall–Kier alpha value is -6.44. The van der Waals surface area contributed by atoms with Crippen molar-refractivity contribution in [1.29, 1.82) is 0 Å². The van der Waals surface area contributed by atoms with Gasteiger partial charge in [0.2, 0.25) is 0 Å². The maximum atomic E-state index is 9.71. The van der Waals surface area contributed by atoms with E-state index in [1.807, 2.05) is 0 Å². The van der Waals surface area contributed by atoms with Crippen molar-refractivity contribution >= 4 is 54.3 Å². The first-order valence-corrected chi connectivity index (χ1v) is 15.4. The molecule has 228 valence electrons. The highest BCUT2D eigenvalue weighted by Gasteiger charge is 2.20. The second-order valence-corrected chi connectivity index (χ2v) is 11.4. The number of hydrogen-bond donors (Lipinski definition) is 0. The second kappa shape index (κ2) is 11.1. The number of furan rings is 1. The Kier molecular flexibility index (Phi) is 3.43. The summed E-state index contributed by atoms with van der Waals surface area (Å²) in [6, 6.07) is 11.2. The van der Waals surface area contributed by atoms with Gasteiger partial charge < -0.3 is 4.42 Å². The molecule has 0 N–H and O–H groups in total. The summed E-state index contributed by atoms with van der Waals surface area (Å²) in [6.07, 6.45) is 0. The highest BCUT2D eigenvalue weighted by Crippen LogP contribution is 2.47. The van der Waals surface area contributed by atoms with Crippen LogP contribution < -0.4 is 0 Å². The minimum atomic E-state index is -0.607. The van der Waals surface area contributed by atoms with Crippen LogP contribution in [-0.4, -0.2) is 0 Å². The zero-order valence-corrected chi connectivity index (χ0v) is 25.3. The van der Waals surface area contributed by atoms with Crippen LogP contribution in [0.1, 0.15) is 24.7 Å². The van der Waals surface area contributed by atoms with Crippen LogP contribution in [0.2, 0.25) is 0 Å². The molecule has 1 heteroatoms. The Labute approximate surface area is 309 Å². The first-order valence-electron chi connectivity index (χ1n) is 24.4. The summed E-state index contributed by atoms with van der Waals surface area (Å²) < 4.78 is 164. The fourth-order valence-corrected chi connectivity index (χ4v) is 6.61. The Morgan fingerprint density at radius 3 is 1.69 bits per heavy atom. The SMILES string of the molecule is [2H]c1c([2H])c([2H])c(-c2ccc(-c3c([2H])c([2H])c([2H])c([2H])c3-c3c4ccccc4c(-c4c([2H])c([2H])c5c(oc6c7c([2H])c([2H])c([2H])c([2H])c7c([2H])c([2H])c65)c4[2H])c4ccccc34)cc2)c([2H])c1[2H]. The van der Waals surface area contributed by atoms with E-state index in [-0.39, 0.29) is 78.7 Å². The third kappa shape index (κ3) is 4.40. The Balaban J connectivity index is 1.29. The van der Waals surface area contributed by atoms with Crippen LogP contribution in [0.4, 0.5) is 0 Å². The highest BCUT2D eigenvalue weighted by molar-refractivity contribution is 6.23.